The molecule has 0 radical (unpaired) electrons. The summed E-state index contributed by atoms with van der Waals surface area (Å²) in [5.41, 5.74) is 1.12. The van der Waals surface area contributed by atoms with Crippen molar-refractivity contribution >= 4 is 17.5 Å². The molecule has 1 saturated carbocycles. The predicted octanol–water partition coefficient (Wildman–Crippen LogP) is 2.97. The maximum Gasteiger partial charge on any atom is 0.223 e. The first-order chi connectivity index (χ1) is 9.43. The van der Waals surface area contributed by atoms with Crippen LogP contribution in [0.5, 0.6) is 0 Å². The molecule has 4 heteroatoms. The van der Waals surface area contributed by atoms with Crippen molar-refractivity contribution in [2.75, 3.05) is 13.2 Å². The Morgan fingerprint density at radius 3 is 2.65 bits per heavy atom. The topological polar surface area (TPSA) is 49.3 Å². The van der Waals surface area contributed by atoms with Gasteiger partial charge in [-0.05, 0) is 41.9 Å². The fourth-order valence-corrected chi connectivity index (χ4v) is 2.54. The molecule has 2 N–H and O–H groups in total. The summed E-state index contributed by atoms with van der Waals surface area (Å²) >= 11 is 5.87. The summed E-state index contributed by atoms with van der Waals surface area (Å²) in [7, 11) is 0. The first-order valence-electron chi connectivity index (χ1n) is 7.07. The summed E-state index contributed by atoms with van der Waals surface area (Å²) in [5, 5.41) is 12.7. The maximum atomic E-state index is 12.1. The third kappa shape index (κ3) is 3.97. The van der Waals surface area contributed by atoms with E-state index >= 15 is 0 Å². The zero-order chi connectivity index (χ0) is 14.8. The highest BCUT2D eigenvalue weighted by molar-refractivity contribution is 6.30. The minimum atomic E-state index is -0.0604. The van der Waals surface area contributed by atoms with Crippen molar-refractivity contribution < 1.29 is 9.90 Å². The first-order valence-corrected chi connectivity index (χ1v) is 7.45. The van der Waals surface area contributed by atoms with Crippen LogP contribution >= 0.6 is 11.6 Å². The smallest absolute Gasteiger partial charge is 0.223 e. The zero-order valence-electron chi connectivity index (χ0n) is 12.0. The van der Waals surface area contributed by atoms with Crippen LogP contribution in [0.25, 0.3) is 0 Å². The van der Waals surface area contributed by atoms with E-state index in [4.69, 9.17) is 16.7 Å². The third-order valence-electron chi connectivity index (χ3n) is 3.96. The number of carbonyl (C=O) groups excluding carboxylic acids is 1. The van der Waals surface area contributed by atoms with E-state index in [0.717, 1.165) is 11.4 Å². The second-order valence-electron chi connectivity index (χ2n) is 6.36. The molecule has 2 atom stereocenters. The number of hydrogen-bond donors (Lipinski definition) is 2. The van der Waals surface area contributed by atoms with E-state index in [2.05, 4.69) is 5.32 Å². The number of rotatable bonds is 6. The molecule has 1 aliphatic rings. The number of carbonyl (C=O) groups is 1. The van der Waals surface area contributed by atoms with Gasteiger partial charge in [-0.3, -0.25) is 4.79 Å². The minimum absolute atomic E-state index is 0.0604. The standard InChI is InChI=1S/C16H22ClNO2/c1-16(2,7-8-19)10-18-15(20)14-9-13(14)11-3-5-12(17)6-4-11/h3-6,13-14,19H,7-10H2,1-2H3,(H,18,20). The summed E-state index contributed by atoms with van der Waals surface area (Å²) in [6, 6.07) is 7.73. The van der Waals surface area contributed by atoms with Crippen molar-refractivity contribution in [3.05, 3.63) is 34.9 Å². The van der Waals surface area contributed by atoms with Crippen LogP contribution in [0, 0.1) is 11.3 Å². The Morgan fingerprint density at radius 2 is 2.05 bits per heavy atom. The number of nitrogens with one attached hydrogen (secondary N) is 1. The SMILES string of the molecule is CC(C)(CCO)CNC(=O)C1CC1c1ccc(Cl)cc1. The largest absolute Gasteiger partial charge is 0.396 e. The van der Waals surface area contributed by atoms with E-state index in [1.54, 1.807) is 0 Å². The Kier molecular flexibility index (Phi) is 4.71. The molecule has 1 aromatic carbocycles. The van der Waals surface area contributed by atoms with Gasteiger partial charge in [-0.1, -0.05) is 37.6 Å². The number of benzene rings is 1. The van der Waals surface area contributed by atoms with Gasteiger partial charge >= 0.3 is 0 Å². The molecule has 3 nitrogen and oxygen atoms in total. The molecule has 20 heavy (non-hydrogen) atoms. The normalized spacial score (nSPS) is 21.6. The van der Waals surface area contributed by atoms with Gasteiger partial charge in [-0.2, -0.15) is 0 Å². The Balaban J connectivity index is 1.83. The highest BCUT2D eigenvalue weighted by atomic mass is 35.5. The van der Waals surface area contributed by atoms with Gasteiger partial charge < -0.3 is 10.4 Å². The highest BCUT2D eigenvalue weighted by Crippen LogP contribution is 2.47. The minimum Gasteiger partial charge on any atom is -0.396 e. The molecular formula is C16H22ClNO2. The van der Waals surface area contributed by atoms with Gasteiger partial charge in [0.15, 0.2) is 0 Å². The summed E-state index contributed by atoms with van der Waals surface area (Å²) in [4.78, 5) is 12.1. The molecule has 0 bridgehead atoms. The second kappa shape index (κ2) is 6.15. The quantitative estimate of drug-likeness (QED) is 0.848. The molecule has 1 amide bonds. The maximum absolute atomic E-state index is 12.1. The molecule has 1 fully saturated rings. The number of aliphatic hydroxyl groups excluding tert-OH is 1. The second-order valence-corrected chi connectivity index (χ2v) is 6.79. The summed E-state index contributed by atoms with van der Waals surface area (Å²) in [5.74, 6) is 0.533. The summed E-state index contributed by atoms with van der Waals surface area (Å²) in [6.07, 6.45) is 1.60. The van der Waals surface area contributed by atoms with Crippen molar-refractivity contribution in [1.82, 2.24) is 5.32 Å². The molecule has 0 saturated heterocycles. The van der Waals surface area contributed by atoms with E-state index in [0.29, 0.717) is 18.9 Å². The van der Waals surface area contributed by atoms with Crippen LogP contribution in [0.1, 0.15) is 38.2 Å². The van der Waals surface area contributed by atoms with Crippen LogP contribution in [0.4, 0.5) is 0 Å². The van der Waals surface area contributed by atoms with E-state index < -0.39 is 0 Å². The fourth-order valence-electron chi connectivity index (χ4n) is 2.41. The zero-order valence-corrected chi connectivity index (χ0v) is 12.8. The molecule has 1 aromatic rings. The van der Waals surface area contributed by atoms with Crippen LogP contribution in [0.2, 0.25) is 5.02 Å². The Morgan fingerprint density at radius 1 is 1.40 bits per heavy atom. The van der Waals surface area contributed by atoms with E-state index in [1.165, 1.54) is 5.56 Å². The lowest BCUT2D eigenvalue weighted by molar-refractivity contribution is -0.122. The molecule has 1 aliphatic carbocycles. The monoisotopic (exact) mass is 295 g/mol. The van der Waals surface area contributed by atoms with Gasteiger partial charge in [0.25, 0.3) is 0 Å². The highest BCUT2D eigenvalue weighted by Gasteiger charge is 2.43. The van der Waals surface area contributed by atoms with Gasteiger partial charge in [-0.15, -0.1) is 0 Å². The number of amides is 1. The Labute approximate surface area is 125 Å². The molecule has 2 unspecified atom stereocenters. The van der Waals surface area contributed by atoms with Crippen LogP contribution in [0.3, 0.4) is 0 Å². The predicted molar refractivity (Wildman–Crippen MR) is 80.8 cm³/mol. The van der Waals surface area contributed by atoms with E-state index in [-0.39, 0.29) is 23.8 Å². The van der Waals surface area contributed by atoms with Gasteiger partial charge in [0.1, 0.15) is 0 Å². The first kappa shape index (κ1) is 15.3. The summed E-state index contributed by atoms with van der Waals surface area (Å²) < 4.78 is 0. The van der Waals surface area contributed by atoms with Crippen molar-refractivity contribution in [3.8, 4) is 0 Å². The lowest BCUT2D eigenvalue weighted by Crippen LogP contribution is -2.35. The van der Waals surface area contributed by atoms with Crippen LogP contribution in [0.15, 0.2) is 24.3 Å². The van der Waals surface area contributed by atoms with Crippen molar-refractivity contribution in [3.63, 3.8) is 0 Å². The Hall–Kier alpha value is -1.06. The van der Waals surface area contributed by atoms with Crippen molar-refractivity contribution in [2.45, 2.75) is 32.6 Å². The van der Waals surface area contributed by atoms with E-state index in [1.807, 2.05) is 38.1 Å². The average Bonchev–Trinajstić information content (AvgIpc) is 3.17. The lowest BCUT2D eigenvalue weighted by atomic mass is 9.89. The molecule has 0 heterocycles. The van der Waals surface area contributed by atoms with Gasteiger partial charge in [-0.25, -0.2) is 0 Å². The van der Waals surface area contributed by atoms with E-state index in [9.17, 15) is 4.79 Å². The van der Waals surface area contributed by atoms with Crippen LogP contribution < -0.4 is 5.32 Å². The lowest BCUT2D eigenvalue weighted by Gasteiger charge is -2.23. The molecule has 110 valence electrons. The average molecular weight is 296 g/mol. The van der Waals surface area contributed by atoms with Gasteiger partial charge in [0.05, 0.1) is 0 Å². The summed E-state index contributed by atoms with van der Waals surface area (Å²) in [6.45, 7) is 4.86. The number of halogens is 1. The van der Waals surface area contributed by atoms with Gasteiger partial charge in [0.2, 0.25) is 5.91 Å². The van der Waals surface area contributed by atoms with Crippen molar-refractivity contribution in [1.29, 1.82) is 0 Å². The van der Waals surface area contributed by atoms with Crippen LogP contribution in [-0.2, 0) is 4.79 Å². The van der Waals surface area contributed by atoms with Crippen LogP contribution in [-0.4, -0.2) is 24.2 Å². The molecule has 0 spiro atoms. The molecule has 0 aliphatic heterocycles. The fraction of sp³-hybridized carbons (Fsp3) is 0.562. The van der Waals surface area contributed by atoms with Gasteiger partial charge in [0, 0.05) is 24.1 Å². The number of hydrogen-bond acceptors (Lipinski definition) is 2. The Bertz CT molecular complexity index is 470. The third-order valence-corrected chi connectivity index (χ3v) is 4.21. The van der Waals surface area contributed by atoms with Crippen molar-refractivity contribution in [2.24, 2.45) is 11.3 Å². The molecule has 0 aromatic heterocycles. The number of aliphatic hydroxyl groups is 1. The molecular weight excluding hydrogens is 274 g/mol. The molecule has 2 rings (SSSR count).